The first-order chi connectivity index (χ1) is 21.3. The van der Waals surface area contributed by atoms with Crippen LogP contribution in [0.25, 0.3) is 0 Å². The van der Waals surface area contributed by atoms with Gasteiger partial charge in [0.15, 0.2) is 0 Å². The Hall–Kier alpha value is -4.89. The van der Waals surface area contributed by atoms with Crippen molar-refractivity contribution >= 4 is 57.1 Å². The highest BCUT2D eigenvalue weighted by Gasteiger charge is 2.68. The van der Waals surface area contributed by atoms with Gasteiger partial charge in [0.1, 0.15) is 0 Å². The lowest BCUT2D eigenvalue weighted by Gasteiger charge is -2.52. The number of nitrogens with zero attached hydrogens (tertiary/aromatic N) is 2. The largest absolute Gasteiger partial charge is 0.329 e. The summed E-state index contributed by atoms with van der Waals surface area (Å²) in [6.45, 7) is 2.03. The number of hydrogen-bond acceptors (Lipinski definition) is 5. The fourth-order valence-electron chi connectivity index (χ4n) is 7.15. The summed E-state index contributed by atoms with van der Waals surface area (Å²) >= 11 is 3.43. The zero-order valence-electron chi connectivity index (χ0n) is 23.7. The van der Waals surface area contributed by atoms with Crippen LogP contribution in [-0.2, 0) is 31.0 Å². The molecule has 1 heterocycles. The van der Waals surface area contributed by atoms with E-state index in [-0.39, 0.29) is 17.7 Å². The van der Waals surface area contributed by atoms with Crippen LogP contribution < -0.4 is 15.6 Å². The van der Waals surface area contributed by atoms with Gasteiger partial charge < -0.3 is 5.32 Å². The van der Waals surface area contributed by atoms with Gasteiger partial charge in [0.05, 0.1) is 22.9 Å². The Bertz CT molecular complexity index is 1820. The third kappa shape index (κ3) is 4.14. The summed E-state index contributed by atoms with van der Waals surface area (Å²) in [6.07, 6.45) is 2.39. The molecule has 0 aromatic heterocycles. The van der Waals surface area contributed by atoms with Gasteiger partial charge in [0, 0.05) is 22.3 Å². The second-order valence-corrected chi connectivity index (χ2v) is 12.1. The Kier molecular flexibility index (Phi) is 6.77. The molecule has 1 saturated heterocycles. The first-order valence-electron chi connectivity index (χ1n) is 14.4. The third-order valence-corrected chi connectivity index (χ3v) is 9.56. The first-order valence-corrected chi connectivity index (χ1v) is 15.2. The Morgan fingerprint density at radius 1 is 0.841 bits per heavy atom. The molecule has 4 aliphatic rings. The van der Waals surface area contributed by atoms with E-state index in [9.17, 15) is 19.2 Å². The molecular weight excluding hydrogens is 620 g/mol. The van der Waals surface area contributed by atoms with Crippen molar-refractivity contribution in [1.82, 2.24) is 5.43 Å². The molecule has 2 N–H and O–H groups in total. The molecule has 1 fully saturated rings. The summed E-state index contributed by atoms with van der Waals surface area (Å²) < 4.78 is 0.832. The number of rotatable bonds is 5. The lowest BCUT2D eigenvalue weighted by atomic mass is 9.47. The van der Waals surface area contributed by atoms with Crippen LogP contribution in [-0.4, -0.2) is 29.8 Å². The van der Waals surface area contributed by atoms with E-state index in [0.717, 1.165) is 38.7 Å². The number of carbonyl (C=O) groups is 4. The van der Waals surface area contributed by atoms with Crippen molar-refractivity contribution in [2.24, 2.45) is 16.9 Å². The minimum absolute atomic E-state index is 0.272. The summed E-state index contributed by atoms with van der Waals surface area (Å²) in [5.41, 5.74) is 6.88. The summed E-state index contributed by atoms with van der Waals surface area (Å²) in [5.74, 6) is -4.23. The topological polar surface area (TPSA) is 108 Å². The normalized spacial score (nSPS) is 22.9. The third-order valence-electron chi connectivity index (χ3n) is 9.03. The van der Waals surface area contributed by atoms with Crippen molar-refractivity contribution in [3.63, 3.8) is 0 Å². The number of nitrogens with one attached hydrogen (secondary N) is 2. The number of carbonyl (C=O) groups excluding carboxylic acids is 4. The molecule has 1 aliphatic heterocycles. The average Bonchev–Trinajstić information content (AvgIpc) is 3.32. The van der Waals surface area contributed by atoms with E-state index in [1.54, 1.807) is 36.4 Å². The lowest BCUT2D eigenvalue weighted by Crippen LogP contribution is -2.54. The van der Waals surface area contributed by atoms with E-state index in [0.29, 0.717) is 11.4 Å². The molecule has 3 aliphatic carbocycles. The van der Waals surface area contributed by atoms with Crippen molar-refractivity contribution < 1.29 is 19.2 Å². The van der Waals surface area contributed by atoms with Gasteiger partial charge in [-0.05, 0) is 70.6 Å². The lowest BCUT2D eigenvalue weighted by molar-refractivity contribution is -0.136. The zero-order chi connectivity index (χ0) is 30.6. The second kappa shape index (κ2) is 10.7. The molecule has 8 rings (SSSR count). The Morgan fingerprint density at radius 3 is 2.07 bits per heavy atom. The predicted molar refractivity (Wildman–Crippen MR) is 170 cm³/mol. The fourth-order valence-corrected chi connectivity index (χ4v) is 7.41. The molecule has 218 valence electrons. The standard InChI is InChI=1S/C35H27BrN4O4/c1-2-20-11-15-22(16-12-20)38-31(41)32(42)39-37-19-35-26-9-5-3-7-24(26)28(25-8-4-6-10-27(25)35)29-30(35)34(44)40(33(29)43)23-17-13-21(36)14-18-23/h3-19,28-30H,2H2,1H3,(H,38,41)(H,39,42)/b37-19-/t28?,29-,30+,35?/m0/s1. The number of anilines is 2. The summed E-state index contributed by atoms with van der Waals surface area (Å²) in [6, 6.07) is 29.9. The summed E-state index contributed by atoms with van der Waals surface area (Å²) in [4.78, 5) is 55.4. The van der Waals surface area contributed by atoms with Crippen LogP contribution in [0.15, 0.2) is 107 Å². The van der Waals surface area contributed by atoms with Crippen molar-refractivity contribution in [2.75, 3.05) is 10.2 Å². The van der Waals surface area contributed by atoms with Gasteiger partial charge in [-0.1, -0.05) is 83.5 Å². The predicted octanol–water partition coefficient (Wildman–Crippen LogP) is 5.30. The van der Waals surface area contributed by atoms with Crippen LogP contribution in [0.5, 0.6) is 0 Å². The van der Waals surface area contributed by atoms with Gasteiger partial charge in [0.25, 0.3) is 0 Å². The van der Waals surface area contributed by atoms with Crippen molar-refractivity contribution in [2.45, 2.75) is 24.7 Å². The average molecular weight is 648 g/mol. The van der Waals surface area contributed by atoms with Crippen LogP contribution >= 0.6 is 15.9 Å². The van der Waals surface area contributed by atoms with Gasteiger partial charge in [0.2, 0.25) is 11.8 Å². The van der Waals surface area contributed by atoms with Crippen molar-refractivity contribution in [1.29, 1.82) is 0 Å². The van der Waals surface area contributed by atoms with Crippen LogP contribution in [0.1, 0.15) is 40.7 Å². The molecule has 4 aromatic rings. The molecule has 0 saturated carbocycles. The number of aryl methyl sites for hydroxylation is 1. The van der Waals surface area contributed by atoms with Gasteiger partial charge in [-0.25, -0.2) is 10.3 Å². The molecule has 2 atom stereocenters. The maximum absolute atomic E-state index is 14.4. The maximum atomic E-state index is 14.4. The minimum atomic E-state index is -1.16. The van der Waals surface area contributed by atoms with Gasteiger partial charge in [-0.2, -0.15) is 5.10 Å². The van der Waals surface area contributed by atoms with E-state index < -0.39 is 29.1 Å². The fraction of sp³-hybridized carbons (Fsp3) is 0.171. The Balaban J connectivity index is 1.28. The van der Waals surface area contributed by atoms with E-state index in [2.05, 4.69) is 31.8 Å². The van der Waals surface area contributed by atoms with Crippen molar-refractivity contribution in [3.8, 4) is 0 Å². The molecule has 2 bridgehead atoms. The van der Waals surface area contributed by atoms with Gasteiger partial charge >= 0.3 is 11.8 Å². The maximum Gasteiger partial charge on any atom is 0.329 e. The van der Waals surface area contributed by atoms with E-state index >= 15 is 0 Å². The Labute approximate surface area is 262 Å². The molecular formula is C35H27BrN4O4. The molecule has 8 nitrogen and oxygen atoms in total. The molecule has 0 unspecified atom stereocenters. The monoisotopic (exact) mass is 646 g/mol. The highest BCUT2D eigenvalue weighted by molar-refractivity contribution is 9.10. The highest BCUT2D eigenvalue weighted by atomic mass is 79.9. The molecule has 0 spiro atoms. The molecule has 4 amide bonds. The molecule has 9 heteroatoms. The zero-order valence-corrected chi connectivity index (χ0v) is 25.2. The van der Waals surface area contributed by atoms with Gasteiger partial charge in [-0.15, -0.1) is 0 Å². The summed E-state index contributed by atoms with van der Waals surface area (Å²) in [5, 5.41) is 6.89. The number of amides is 4. The second-order valence-electron chi connectivity index (χ2n) is 11.2. The quantitative estimate of drug-likeness (QED) is 0.133. The van der Waals surface area contributed by atoms with Crippen LogP contribution in [0.3, 0.4) is 0 Å². The van der Waals surface area contributed by atoms with Gasteiger partial charge in [-0.3, -0.25) is 19.2 Å². The molecule has 0 radical (unpaired) electrons. The van der Waals surface area contributed by atoms with Crippen LogP contribution in [0.2, 0.25) is 0 Å². The number of hydrogen-bond donors (Lipinski definition) is 2. The number of hydrazone groups is 1. The van der Waals surface area contributed by atoms with E-state index in [1.165, 1.54) is 11.1 Å². The number of halogens is 1. The van der Waals surface area contributed by atoms with E-state index in [4.69, 9.17) is 0 Å². The SMILES string of the molecule is CCc1ccc(NC(=O)C(=O)N/N=C\C23c4ccccc4C(c4ccccc42)[C@@H]2C(=O)N(c4ccc(Br)cc4)C(=O)[C@@H]23)cc1. The Morgan fingerprint density at radius 2 is 1.45 bits per heavy atom. The van der Waals surface area contributed by atoms with Crippen molar-refractivity contribution in [3.05, 3.63) is 129 Å². The van der Waals surface area contributed by atoms with Crippen LogP contribution in [0.4, 0.5) is 11.4 Å². The molecule has 44 heavy (non-hydrogen) atoms. The highest BCUT2D eigenvalue weighted by Crippen LogP contribution is 2.63. The number of imide groups is 1. The first kappa shape index (κ1) is 27.9. The van der Waals surface area contributed by atoms with E-state index in [1.807, 2.05) is 67.6 Å². The summed E-state index contributed by atoms with van der Waals surface area (Å²) in [7, 11) is 0. The smallest absolute Gasteiger partial charge is 0.318 e. The number of benzene rings is 4. The van der Waals surface area contributed by atoms with Crippen LogP contribution in [0, 0.1) is 11.8 Å². The minimum Gasteiger partial charge on any atom is -0.318 e. The molecule has 4 aromatic carbocycles.